The molecule has 0 heterocycles. The number of rotatable bonds is 7. The number of carbonyl (C=O) groups is 1. The fourth-order valence-corrected chi connectivity index (χ4v) is 0.832. The maximum Gasteiger partial charge on any atom is 1.00 e. The zero-order chi connectivity index (χ0) is 16.3. The van der Waals surface area contributed by atoms with E-state index in [4.69, 9.17) is 12.6 Å². The largest absolute Gasteiger partial charge is 1.00 e. The van der Waals surface area contributed by atoms with E-state index in [9.17, 15) is 22.4 Å². The second kappa shape index (κ2) is 13.2. The molecular weight excluding hydrogens is 331 g/mol. The molecule has 0 aliphatic rings. The molecule has 0 atom stereocenters. The van der Waals surface area contributed by atoms with E-state index in [0.717, 1.165) is 0 Å². The molecular formula is C10H13F4NaO5S. The van der Waals surface area contributed by atoms with Crippen molar-refractivity contribution in [1.82, 2.24) is 0 Å². The Morgan fingerprint density at radius 2 is 1.67 bits per heavy atom. The summed E-state index contributed by atoms with van der Waals surface area (Å²) >= 11 is 0. The Morgan fingerprint density at radius 3 is 2.00 bits per heavy atom. The molecule has 118 valence electrons. The van der Waals surface area contributed by atoms with E-state index in [2.05, 4.69) is 11.3 Å². The van der Waals surface area contributed by atoms with E-state index in [1.807, 2.05) is 0 Å². The Kier molecular flexibility index (Phi) is 16.1. The van der Waals surface area contributed by atoms with Crippen LogP contribution in [0.3, 0.4) is 0 Å². The summed E-state index contributed by atoms with van der Waals surface area (Å²) in [5, 5.41) is 0. The summed E-state index contributed by atoms with van der Waals surface area (Å²) < 4.78 is 77.9. The van der Waals surface area contributed by atoms with Gasteiger partial charge in [0.25, 0.3) is 0 Å². The first-order valence-electron chi connectivity index (χ1n) is 5.16. The molecule has 0 aliphatic carbocycles. The minimum absolute atomic E-state index is 0. The summed E-state index contributed by atoms with van der Waals surface area (Å²) in [5.41, 5.74) is 0.202. The van der Waals surface area contributed by atoms with Gasteiger partial charge in [0.1, 0.15) is 0 Å². The summed E-state index contributed by atoms with van der Waals surface area (Å²) in [6, 6.07) is 0. The summed E-state index contributed by atoms with van der Waals surface area (Å²) in [7, 11) is -3.11. The molecule has 0 fully saturated rings. The number of hydrogen-bond acceptors (Lipinski definition) is 5. The minimum atomic E-state index is -4.04. The third kappa shape index (κ3) is 17.5. The van der Waals surface area contributed by atoms with Gasteiger partial charge in [-0.05, 0) is 26.2 Å². The maximum atomic E-state index is 12.4. The van der Waals surface area contributed by atoms with Crippen molar-refractivity contribution >= 4 is 16.6 Å². The zero-order valence-electron chi connectivity index (χ0n) is 11.5. The van der Waals surface area contributed by atoms with Crippen LogP contribution >= 0.6 is 0 Å². The average Bonchev–Trinajstić information content (AvgIpc) is 2.26. The fourth-order valence-electron chi connectivity index (χ4n) is 0.832. The van der Waals surface area contributed by atoms with Crippen molar-refractivity contribution in [3.8, 4) is 0 Å². The number of esters is 1. The molecule has 0 bridgehead atoms. The Hall–Kier alpha value is -0.450. The molecule has 0 aromatic carbocycles. The van der Waals surface area contributed by atoms with E-state index in [1.165, 1.54) is 6.92 Å². The summed E-state index contributed by atoms with van der Waals surface area (Å²) in [6.07, 6.45) is -3.86. The van der Waals surface area contributed by atoms with Gasteiger partial charge in [0.15, 0.2) is 5.92 Å². The Morgan fingerprint density at radius 1 is 1.24 bits per heavy atom. The first-order chi connectivity index (χ1) is 9.00. The molecule has 0 aromatic heterocycles. The van der Waals surface area contributed by atoms with Gasteiger partial charge >= 0.3 is 46.1 Å². The van der Waals surface area contributed by atoms with Gasteiger partial charge in [-0.15, -0.1) is 12.6 Å². The molecule has 0 N–H and O–H groups in total. The molecule has 0 rings (SSSR count). The van der Waals surface area contributed by atoms with Gasteiger partial charge in [-0.3, -0.25) is 0 Å². The third-order valence-electron chi connectivity index (χ3n) is 1.74. The second-order valence-corrected chi connectivity index (χ2v) is 3.95. The zero-order valence-corrected chi connectivity index (χ0v) is 14.3. The minimum Gasteiger partial charge on any atom is -0.462 e. The molecule has 0 saturated carbocycles. The van der Waals surface area contributed by atoms with Crippen LogP contribution in [0, 0.1) is 6.43 Å². The average molecular weight is 344 g/mol. The van der Waals surface area contributed by atoms with Crippen LogP contribution in [0.2, 0.25) is 0 Å². The molecule has 0 aliphatic heterocycles. The molecule has 0 aromatic rings. The van der Waals surface area contributed by atoms with Gasteiger partial charge in [-0.25, -0.2) is 13.6 Å². The maximum absolute atomic E-state index is 12.4. The van der Waals surface area contributed by atoms with Crippen LogP contribution in [0.25, 0.3) is 0 Å². The topological polar surface area (TPSA) is 77.5 Å². The molecule has 0 spiro atoms. The van der Waals surface area contributed by atoms with E-state index in [1.54, 1.807) is 0 Å². The van der Waals surface area contributed by atoms with Crippen molar-refractivity contribution in [3.05, 3.63) is 18.6 Å². The number of ether oxygens (including phenoxy) is 1. The summed E-state index contributed by atoms with van der Waals surface area (Å²) in [6.45, 7) is 4.69. The number of hydrogen-bond donors (Lipinski definition) is 0. The normalized spacial score (nSPS) is 10.0. The monoisotopic (exact) mass is 344 g/mol. The number of halogens is 4. The van der Waals surface area contributed by atoms with Crippen LogP contribution < -0.4 is 29.6 Å². The molecule has 0 saturated heterocycles. The van der Waals surface area contributed by atoms with E-state index in [-0.39, 0.29) is 54.6 Å². The predicted octanol–water partition coefficient (Wildman–Crippen LogP) is -0.660. The molecule has 11 heteroatoms. The van der Waals surface area contributed by atoms with Gasteiger partial charge < -0.3 is 13.5 Å². The standard InChI is InChI=1S/C10H13F4O2.Na.O3S/c1-7(2)8(15)16-6-4-3-5-10(13,14)9(11)12;;1-4(2)3/h1,3-6H2,2H3;;/q-1;+1;. The number of unbranched alkanes of at least 4 members (excludes halogenated alkanes) is 1. The van der Waals surface area contributed by atoms with Crippen LogP contribution in [0.15, 0.2) is 12.2 Å². The number of carbonyl (C=O) groups excluding carboxylic acids is 1. The molecule has 21 heavy (non-hydrogen) atoms. The van der Waals surface area contributed by atoms with Crippen molar-refractivity contribution in [3.63, 3.8) is 0 Å². The first kappa shape index (κ1) is 25.5. The van der Waals surface area contributed by atoms with Crippen LogP contribution in [-0.4, -0.2) is 31.1 Å². The van der Waals surface area contributed by atoms with Crippen LogP contribution in [0.5, 0.6) is 0 Å². The van der Waals surface area contributed by atoms with Gasteiger partial charge in [-0.2, -0.15) is 0 Å². The van der Waals surface area contributed by atoms with E-state index < -0.39 is 35.3 Å². The molecule has 5 nitrogen and oxygen atoms in total. The Balaban J connectivity index is -0.000000572. The summed E-state index contributed by atoms with van der Waals surface area (Å²) in [4.78, 5) is 10.8. The smallest absolute Gasteiger partial charge is 0.462 e. The van der Waals surface area contributed by atoms with Gasteiger partial charge in [0, 0.05) is 5.57 Å². The van der Waals surface area contributed by atoms with Gasteiger partial charge in [0.2, 0.25) is 0 Å². The van der Waals surface area contributed by atoms with Crippen molar-refractivity contribution < 1.29 is 69.3 Å². The second-order valence-electron chi connectivity index (χ2n) is 3.54. The van der Waals surface area contributed by atoms with Crippen molar-refractivity contribution in [2.75, 3.05) is 6.61 Å². The van der Waals surface area contributed by atoms with Gasteiger partial charge in [-0.1, -0.05) is 6.58 Å². The predicted molar refractivity (Wildman–Crippen MR) is 59.7 cm³/mol. The van der Waals surface area contributed by atoms with Crippen LogP contribution in [0.1, 0.15) is 26.2 Å². The van der Waals surface area contributed by atoms with Crippen LogP contribution in [-0.2, 0) is 20.1 Å². The van der Waals surface area contributed by atoms with E-state index in [0.29, 0.717) is 0 Å². The Bertz CT molecular complexity index is 417. The number of alkyl halides is 2. The van der Waals surface area contributed by atoms with Crippen molar-refractivity contribution in [2.24, 2.45) is 0 Å². The molecule has 0 radical (unpaired) electrons. The fraction of sp³-hybridized carbons (Fsp3) is 0.600. The van der Waals surface area contributed by atoms with E-state index >= 15 is 0 Å². The first-order valence-corrected chi connectivity index (χ1v) is 6.16. The van der Waals surface area contributed by atoms with Gasteiger partial charge in [0.05, 0.1) is 13.0 Å². The quantitative estimate of drug-likeness (QED) is 0.153. The van der Waals surface area contributed by atoms with Crippen molar-refractivity contribution in [2.45, 2.75) is 32.1 Å². The van der Waals surface area contributed by atoms with Crippen molar-refractivity contribution in [1.29, 1.82) is 0 Å². The SMILES string of the molecule is C=C(C)C(=O)OCCCCC(F)(F)[C-](F)F.O=S(=O)=O.[Na+]. The third-order valence-corrected chi connectivity index (χ3v) is 1.74. The van der Waals surface area contributed by atoms with Crippen LogP contribution in [0.4, 0.5) is 17.6 Å². The molecule has 0 unspecified atom stereocenters. The molecule has 0 amide bonds. The summed E-state index contributed by atoms with van der Waals surface area (Å²) in [5.74, 6) is -4.66. The Labute approximate surface area is 143 Å².